The lowest BCUT2D eigenvalue weighted by Gasteiger charge is -2.11. The Morgan fingerprint density at radius 1 is 1.41 bits per heavy atom. The van der Waals surface area contributed by atoms with E-state index < -0.39 is 5.97 Å². The number of nitrogens with zero attached hydrogens (tertiary/aromatic N) is 1. The van der Waals surface area contributed by atoms with Gasteiger partial charge in [0.15, 0.2) is 0 Å². The molecule has 0 aliphatic rings. The summed E-state index contributed by atoms with van der Waals surface area (Å²) in [4.78, 5) is 23.2. The molecular weight excluding hydrogens is 286 g/mol. The topological polar surface area (TPSA) is 59.3 Å². The van der Waals surface area contributed by atoms with Crippen molar-refractivity contribution in [2.75, 3.05) is 0 Å². The SMILES string of the molecule is Cc1c(C(=O)O)c2c(Br)cccc2n(C)c1=O. The molecule has 0 saturated carbocycles. The molecule has 0 radical (unpaired) electrons. The van der Waals surface area contributed by atoms with Crippen LogP contribution >= 0.6 is 15.9 Å². The van der Waals surface area contributed by atoms with Crippen molar-refractivity contribution in [3.8, 4) is 0 Å². The Kier molecular flexibility index (Phi) is 2.79. The monoisotopic (exact) mass is 295 g/mol. The number of carboxylic acids is 1. The van der Waals surface area contributed by atoms with Gasteiger partial charge in [-0.25, -0.2) is 4.79 Å². The van der Waals surface area contributed by atoms with Gasteiger partial charge >= 0.3 is 5.97 Å². The lowest BCUT2D eigenvalue weighted by molar-refractivity contribution is 0.0698. The number of benzene rings is 1. The smallest absolute Gasteiger partial charge is 0.336 e. The second-order valence-electron chi connectivity index (χ2n) is 3.80. The second kappa shape index (κ2) is 4.00. The van der Waals surface area contributed by atoms with Gasteiger partial charge in [-0.05, 0) is 19.1 Å². The highest BCUT2D eigenvalue weighted by molar-refractivity contribution is 9.10. The molecule has 0 unspecified atom stereocenters. The molecule has 4 nitrogen and oxygen atoms in total. The zero-order valence-corrected chi connectivity index (χ0v) is 10.9. The van der Waals surface area contributed by atoms with E-state index in [1.807, 2.05) is 0 Å². The minimum absolute atomic E-state index is 0.0653. The maximum Gasteiger partial charge on any atom is 0.336 e. The number of hydrogen-bond acceptors (Lipinski definition) is 2. The van der Waals surface area contributed by atoms with Gasteiger partial charge < -0.3 is 9.67 Å². The standard InChI is InChI=1S/C12H10BrNO3/c1-6-9(12(16)17)10-7(13)4-3-5-8(10)14(2)11(6)15/h3-5H,1-2H3,(H,16,17). The number of rotatable bonds is 1. The lowest BCUT2D eigenvalue weighted by Crippen LogP contribution is -2.23. The largest absolute Gasteiger partial charge is 0.478 e. The van der Waals surface area contributed by atoms with Crippen molar-refractivity contribution in [2.45, 2.75) is 6.92 Å². The van der Waals surface area contributed by atoms with Crippen molar-refractivity contribution in [2.24, 2.45) is 7.05 Å². The molecule has 2 rings (SSSR count). The Labute approximate surface area is 106 Å². The molecule has 0 aliphatic heterocycles. The fourth-order valence-corrected chi connectivity index (χ4v) is 2.52. The third kappa shape index (κ3) is 1.67. The van der Waals surface area contributed by atoms with E-state index in [4.69, 9.17) is 0 Å². The summed E-state index contributed by atoms with van der Waals surface area (Å²) in [6, 6.07) is 5.26. The predicted molar refractivity (Wildman–Crippen MR) is 68.6 cm³/mol. The van der Waals surface area contributed by atoms with Gasteiger partial charge in [0.1, 0.15) is 0 Å². The molecule has 0 aliphatic carbocycles. The average molecular weight is 296 g/mol. The van der Waals surface area contributed by atoms with Crippen LogP contribution in [0, 0.1) is 6.92 Å². The summed E-state index contributed by atoms with van der Waals surface area (Å²) < 4.78 is 2.13. The minimum Gasteiger partial charge on any atom is -0.478 e. The van der Waals surface area contributed by atoms with Crippen LogP contribution < -0.4 is 5.56 Å². The number of carbonyl (C=O) groups is 1. The molecule has 1 aromatic carbocycles. The molecule has 0 atom stereocenters. The molecule has 2 aromatic rings. The van der Waals surface area contributed by atoms with Crippen molar-refractivity contribution in [3.63, 3.8) is 0 Å². The van der Waals surface area contributed by atoms with E-state index in [9.17, 15) is 14.7 Å². The predicted octanol–water partition coefficient (Wildman–Crippen LogP) is 2.31. The van der Waals surface area contributed by atoms with E-state index in [-0.39, 0.29) is 16.7 Å². The van der Waals surface area contributed by atoms with Crippen molar-refractivity contribution < 1.29 is 9.90 Å². The first kappa shape index (κ1) is 11.9. The van der Waals surface area contributed by atoms with Crippen molar-refractivity contribution in [3.05, 3.63) is 44.2 Å². The number of aromatic nitrogens is 1. The number of pyridine rings is 1. The zero-order valence-electron chi connectivity index (χ0n) is 9.32. The number of hydrogen-bond donors (Lipinski definition) is 1. The normalized spacial score (nSPS) is 10.8. The number of aryl methyl sites for hydroxylation is 1. The van der Waals surface area contributed by atoms with E-state index in [1.165, 1.54) is 11.5 Å². The number of aromatic carboxylic acids is 1. The van der Waals surface area contributed by atoms with E-state index in [1.54, 1.807) is 25.2 Å². The highest BCUT2D eigenvalue weighted by atomic mass is 79.9. The van der Waals surface area contributed by atoms with Gasteiger partial charge in [0.25, 0.3) is 5.56 Å². The summed E-state index contributed by atoms with van der Waals surface area (Å²) in [6.45, 7) is 1.53. The molecule has 1 aromatic heterocycles. The van der Waals surface area contributed by atoms with E-state index in [0.717, 1.165) is 0 Å². The maximum atomic E-state index is 11.9. The van der Waals surface area contributed by atoms with E-state index in [2.05, 4.69) is 15.9 Å². The van der Waals surface area contributed by atoms with Crippen molar-refractivity contribution in [1.29, 1.82) is 0 Å². The molecule has 1 N–H and O–H groups in total. The lowest BCUT2D eigenvalue weighted by atomic mass is 10.0. The van der Waals surface area contributed by atoms with Crippen LogP contribution in [0.5, 0.6) is 0 Å². The summed E-state index contributed by atoms with van der Waals surface area (Å²) in [5.74, 6) is -1.09. The van der Waals surface area contributed by atoms with Crippen LogP contribution in [0.1, 0.15) is 15.9 Å². The Morgan fingerprint density at radius 3 is 2.65 bits per heavy atom. The molecule has 0 bridgehead atoms. The summed E-state index contributed by atoms with van der Waals surface area (Å²) in [6.07, 6.45) is 0. The zero-order chi connectivity index (χ0) is 12.7. The van der Waals surface area contributed by atoms with Gasteiger partial charge in [0.05, 0.1) is 11.1 Å². The van der Waals surface area contributed by atoms with Gasteiger partial charge in [-0.2, -0.15) is 0 Å². The average Bonchev–Trinajstić information content (AvgIpc) is 2.27. The Morgan fingerprint density at radius 2 is 2.06 bits per heavy atom. The third-order valence-corrected chi connectivity index (χ3v) is 3.48. The van der Waals surface area contributed by atoms with Gasteiger partial charge in [0.2, 0.25) is 0 Å². The summed E-state index contributed by atoms with van der Waals surface area (Å²) in [5, 5.41) is 9.79. The maximum absolute atomic E-state index is 11.9. The molecule has 0 spiro atoms. The fourth-order valence-electron chi connectivity index (χ4n) is 1.96. The molecule has 0 amide bonds. The summed E-state index contributed by atoms with van der Waals surface area (Å²) >= 11 is 3.33. The van der Waals surface area contributed by atoms with Crippen LogP contribution in [0.2, 0.25) is 0 Å². The van der Waals surface area contributed by atoms with Crippen LogP contribution in [0.4, 0.5) is 0 Å². The Hall–Kier alpha value is -1.62. The highest BCUT2D eigenvalue weighted by Gasteiger charge is 2.18. The first-order valence-corrected chi connectivity index (χ1v) is 5.75. The number of carboxylic acid groups (broad SMARTS) is 1. The van der Waals surface area contributed by atoms with Crippen LogP contribution in [0.15, 0.2) is 27.5 Å². The number of halogens is 1. The third-order valence-electron chi connectivity index (χ3n) is 2.82. The molecule has 1 heterocycles. The highest BCUT2D eigenvalue weighted by Crippen LogP contribution is 2.27. The first-order valence-electron chi connectivity index (χ1n) is 4.96. The Balaban J connectivity index is 3.17. The van der Waals surface area contributed by atoms with E-state index in [0.29, 0.717) is 15.4 Å². The molecule has 17 heavy (non-hydrogen) atoms. The van der Waals surface area contributed by atoms with Gasteiger partial charge in [-0.1, -0.05) is 22.0 Å². The van der Waals surface area contributed by atoms with E-state index >= 15 is 0 Å². The quantitative estimate of drug-likeness (QED) is 0.878. The molecule has 0 saturated heterocycles. The first-order chi connectivity index (χ1) is 7.95. The van der Waals surface area contributed by atoms with Crippen LogP contribution in [0.25, 0.3) is 10.9 Å². The minimum atomic E-state index is -1.09. The fraction of sp³-hybridized carbons (Fsp3) is 0.167. The molecule has 88 valence electrons. The molecule has 5 heteroatoms. The molecular formula is C12H10BrNO3. The second-order valence-corrected chi connectivity index (χ2v) is 4.66. The van der Waals surface area contributed by atoms with Crippen LogP contribution in [-0.2, 0) is 7.05 Å². The van der Waals surface area contributed by atoms with Crippen molar-refractivity contribution >= 4 is 32.8 Å². The van der Waals surface area contributed by atoms with Crippen molar-refractivity contribution in [1.82, 2.24) is 4.57 Å². The summed E-state index contributed by atoms with van der Waals surface area (Å²) in [7, 11) is 1.63. The summed E-state index contributed by atoms with van der Waals surface area (Å²) in [5.41, 5.74) is 0.635. The molecule has 0 fully saturated rings. The Bertz CT molecular complexity index is 688. The van der Waals surface area contributed by atoms with Gasteiger partial charge in [-0.3, -0.25) is 4.79 Å². The van der Waals surface area contributed by atoms with Gasteiger partial charge in [0, 0.05) is 22.5 Å². The number of fused-ring (bicyclic) bond motifs is 1. The van der Waals surface area contributed by atoms with Gasteiger partial charge in [-0.15, -0.1) is 0 Å². The van der Waals surface area contributed by atoms with Crippen LogP contribution in [-0.4, -0.2) is 15.6 Å². The van der Waals surface area contributed by atoms with Crippen LogP contribution in [0.3, 0.4) is 0 Å².